The lowest BCUT2D eigenvalue weighted by Crippen LogP contribution is -2.11. The van der Waals surface area contributed by atoms with Gasteiger partial charge in [0, 0.05) is 7.05 Å². The topological polar surface area (TPSA) is 89.6 Å². The van der Waals surface area contributed by atoms with Gasteiger partial charge in [-0.05, 0) is 0 Å². The lowest BCUT2D eigenvalue weighted by atomic mass is 10.4. The number of nitrogens with two attached hydrogens (primary N) is 1. The summed E-state index contributed by atoms with van der Waals surface area (Å²) in [5, 5.41) is 4.33. The van der Waals surface area contributed by atoms with Gasteiger partial charge in [-0.3, -0.25) is 14.5 Å². The number of aryl methyl sites for hydroxylation is 1. The van der Waals surface area contributed by atoms with Crippen molar-refractivity contribution in [2.75, 3.05) is 5.73 Å². The fourth-order valence-corrected chi connectivity index (χ4v) is 1.05. The first-order chi connectivity index (χ1) is 7.68. The predicted molar refractivity (Wildman–Crippen MR) is 66.2 cm³/mol. The van der Waals surface area contributed by atoms with Crippen molar-refractivity contribution in [3.8, 4) is 0 Å². The minimum atomic E-state index is -0.259. The van der Waals surface area contributed by atoms with E-state index < -0.39 is 0 Å². The van der Waals surface area contributed by atoms with Crippen LogP contribution in [-0.2, 0) is 7.05 Å². The Morgan fingerprint density at radius 3 is 2.44 bits per heavy atom. The van der Waals surface area contributed by atoms with Crippen LogP contribution in [0.4, 0.5) is 5.95 Å². The Hall–Kier alpha value is -1.85. The summed E-state index contributed by atoms with van der Waals surface area (Å²) in [5.41, 5.74) is 5.58. The van der Waals surface area contributed by atoms with E-state index >= 15 is 0 Å². The van der Waals surface area contributed by atoms with Crippen molar-refractivity contribution in [3.63, 3.8) is 0 Å². The minimum Gasteiger partial charge on any atom is -0.369 e. The Bertz CT molecular complexity index is 485. The van der Waals surface area contributed by atoms with Crippen LogP contribution in [0.5, 0.6) is 0 Å². The zero-order valence-electron chi connectivity index (χ0n) is 10.4. The summed E-state index contributed by atoms with van der Waals surface area (Å²) in [7, 11) is 1.70. The van der Waals surface area contributed by atoms with E-state index in [2.05, 4.69) is 15.1 Å². The molecule has 0 bridgehead atoms. The molecule has 0 aliphatic heterocycles. The van der Waals surface area contributed by atoms with Gasteiger partial charge in [-0.2, -0.15) is 10.1 Å². The SMILES string of the molecule is CC.CC.Cn1ncc2c(=O)[nH]c(N)nc21. The average molecular weight is 225 g/mol. The molecule has 0 radical (unpaired) electrons. The molecule has 0 aliphatic rings. The van der Waals surface area contributed by atoms with Crippen LogP contribution in [0.1, 0.15) is 27.7 Å². The van der Waals surface area contributed by atoms with E-state index in [1.807, 2.05) is 27.7 Å². The fourth-order valence-electron chi connectivity index (χ4n) is 1.05. The van der Waals surface area contributed by atoms with Crippen molar-refractivity contribution >= 4 is 17.0 Å². The molecule has 90 valence electrons. The lowest BCUT2D eigenvalue weighted by molar-refractivity contribution is 0.786. The highest BCUT2D eigenvalue weighted by molar-refractivity contribution is 5.73. The quantitative estimate of drug-likeness (QED) is 0.707. The molecule has 0 saturated carbocycles. The van der Waals surface area contributed by atoms with Crippen LogP contribution in [0.2, 0.25) is 0 Å². The van der Waals surface area contributed by atoms with Gasteiger partial charge in [-0.25, -0.2) is 0 Å². The number of fused-ring (bicyclic) bond motifs is 1. The van der Waals surface area contributed by atoms with Crippen LogP contribution in [0, 0.1) is 0 Å². The third kappa shape index (κ3) is 2.82. The smallest absolute Gasteiger partial charge is 0.263 e. The van der Waals surface area contributed by atoms with E-state index in [1.54, 1.807) is 7.05 Å². The van der Waals surface area contributed by atoms with Gasteiger partial charge in [-0.15, -0.1) is 0 Å². The summed E-state index contributed by atoms with van der Waals surface area (Å²) in [6.45, 7) is 8.00. The van der Waals surface area contributed by atoms with Gasteiger partial charge in [0.2, 0.25) is 5.95 Å². The summed E-state index contributed by atoms with van der Waals surface area (Å²) in [6.07, 6.45) is 1.46. The largest absolute Gasteiger partial charge is 0.369 e. The molecule has 0 fully saturated rings. The van der Waals surface area contributed by atoms with Gasteiger partial charge < -0.3 is 5.73 Å². The molecule has 0 atom stereocenters. The van der Waals surface area contributed by atoms with E-state index in [9.17, 15) is 4.79 Å². The molecule has 0 amide bonds. The number of nitrogens with one attached hydrogen (secondary N) is 1. The summed E-state index contributed by atoms with van der Waals surface area (Å²) in [6, 6.07) is 0. The molecule has 3 N–H and O–H groups in total. The Kier molecular flexibility index (Phi) is 5.84. The first-order valence-electron chi connectivity index (χ1n) is 5.36. The van der Waals surface area contributed by atoms with Crippen LogP contribution in [0.25, 0.3) is 11.0 Å². The van der Waals surface area contributed by atoms with Gasteiger partial charge in [0.05, 0.1) is 6.20 Å². The average Bonchev–Trinajstić information content (AvgIpc) is 2.67. The summed E-state index contributed by atoms with van der Waals surface area (Å²) in [4.78, 5) is 17.5. The Morgan fingerprint density at radius 2 is 1.88 bits per heavy atom. The van der Waals surface area contributed by atoms with Gasteiger partial charge in [0.25, 0.3) is 5.56 Å². The number of nitrogens with zero attached hydrogens (tertiary/aromatic N) is 3. The third-order valence-corrected chi connectivity index (χ3v) is 1.62. The maximum absolute atomic E-state index is 11.2. The Balaban J connectivity index is 0.000000509. The number of anilines is 1. The van der Waals surface area contributed by atoms with Crippen LogP contribution in [-0.4, -0.2) is 19.7 Å². The molecule has 2 aromatic heterocycles. The number of hydrogen-bond donors (Lipinski definition) is 2. The molecule has 2 heterocycles. The van der Waals surface area contributed by atoms with Crippen molar-refractivity contribution in [2.24, 2.45) is 7.05 Å². The number of hydrogen-bond acceptors (Lipinski definition) is 4. The molecule has 6 nitrogen and oxygen atoms in total. The first kappa shape index (κ1) is 14.2. The Morgan fingerprint density at radius 1 is 1.31 bits per heavy atom. The van der Waals surface area contributed by atoms with E-state index in [1.165, 1.54) is 10.9 Å². The highest BCUT2D eigenvalue weighted by Crippen LogP contribution is 2.03. The number of H-pyrrole nitrogens is 1. The van der Waals surface area contributed by atoms with E-state index in [4.69, 9.17) is 5.73 Å². The number of nitrogen functional groups attached to an aromatic ring is 1. The second kappa shape index (κ2) is 6.60. The zero-order chi connectivity index (χ0) is 12.7. The molecular weight excluding hydrogens is 206 g/mol. The van der Waals surface area contributed by atoms with E-state index in [-0.39, 0.29) is 11.5 Å². The summed E-state index contributed by atoms with van der Waals surface area (Å²) >= 11 is 0. The molecule has 0 unspecified atom stereocenters. The van der Waals surface area contributed by atoms with E-state index in [0.29, 0.717) is 11.0 Å². The van der Waals surface area contributed by atoms with Crippen LogP contribution < -0.4 is 11.3 Å². The highest BCUT2D eigenvalue weighted by atomic mass is 16.1. The van der Waals surface area contributed by atoms with Gasteiger partial charge in [-0.1, -0.05) is 27.7 Å². The molecule has 2 rings (SSSR count). The van der Waals surface area contributed by atoms with Crippen molar-refractivity contribution in [1.29, 1.82) is 0 Å². The van der Waals surface area contributed by atoms with Gasteiger partial charge >= 0.3 is 0 Å². The molecule has 0 saturated heterocycles. The van der Waals surface area contributed by atoms with Crippen LogP contribution in [0.15, 0.2) is 11.0 Å². The first-order valence-corrected chi connectivity index (χ1v) is 5.36. The maximum Gasteiger partial charge on any atom is 0.263 e. The second-order valence-corrected chi connectivity index (χ2v) is 2.46. The lowest BCUT2D eigenvalue weighted by Gasteiger charge is -1.93. The second-order valence-electron chi connectivity index (χ2n) is 2.46. The molecule has 2 aromatic rings. The highest BCUT2D eigenvalue weighted by Gasteiger charge is 2.04. The number of aromatic amines is 1. The van der Waals surface area contributed by atoms with Gasteiger partial charge in [0.15, 0.2) is 5.65 Å². The molecule has 0 spiro atoms. The van der Waals surface area contributed by atoms with Gasteiger partial charge in [0.1, 0.15) is 5.39 Å². The van der Waals surface area contributed by atoms with E-state index in [0.717, 1.165) is 0 Å². The van der Waals surface area contributed by atoms with Crippen molar-refractivity contribution in [2.45, 2.75) is 27.7 Å². The molecule has 0 aliphatic carbocycles. The fraction of sp³-hybridized carbons (Fsp3) is 0.500. The monoisotopic (exact) mass is 225 g/mol. The standard InChI is InChI=1S/C6H7N5O.2C2H6/c1-11-4-3(2-8-11)5(12)10-6(7)9-4;2*1-2/h2H,1H3,(H3,7,9,10,12);2*1-2H3. The van der Waals surface area contributed by atoms with Crippen molar-refractivity contribution in [3.05, 3.63) is 16.6 Å². The number of rotatable bonds is 0. The third-order valence-electron chi connectivity index (χ3n) is 1.62. The molecular formula is C10H19N5O. The predicted octanol–water partition coefficient (Wildman–Crippen LogP) is 1.29. The molecule has 16 heavy (non-hydrogen) atoms. The summed E-state index contributed by atoms with van der Waals surface area (Å²) in [5.74, 6) is 0.108. The normalized spacial score (nSPS) is 8.81. The van der Waals surface area contributed by atoms with Crippen LogP contribution in [0.3, 0.4) is 0 Å². The number of aromatic nitrogens is 4. The molecule has 6 heteroatoms. The zero-order valence-corrected chi connectivity index (χ0v) is 10.4. The molecule has 0 aromatic carbocycles. The maximum atomic E-state index is 11.2. The van der Waals surface area contributed by atoms with Crippen molar-refractivity contribution < 1.29 is 0 Å². The minimum absolute atomic E-state index is 0.108. The Labute approximate surface area is 94.5 Å². The summed E-state index contributed by atoms with van der Waals surface area (Å²) < 4.78 is 1.50. The van der Waals surface area contributed by atoms with Crippen molar-refractivity contribution in [1.82, 2.24) is 19.7 Å². The van der Waals surface area contributed by atoms with Crippen LogP contribution >= 0.6 is 0 Å².